The van der Waals surface area contributed by atoms with E-state index in [0.29, 0.717) is 11.3 Å². The van der Waals surface area contributed by atoms with Gasteiger partial charge in [0, 0.05) is 12.5 Å². The average Bonchev–Trinajstić information content (AvgIpc) is 2.70. The van der Waals surface area contributed by atoms with E-state index in [9.17, 15) is 0 Å². The summed E-state index contributed by atoms with van der Waals surface area (Å²) < 4.78 is 5.36. The van der Waals surface area contributed by atoms with Gasteiger partial charge in [-0.05, 0) is 49.1 Å². The smallest absolute Gasteiger partial charge is 0.105 e. The Balaban J connectivity index is 1.85. The van der Waals surface area contributed by atoms with Gasteiger partial charge in [-0.3, -0.25) is 0 Å². The molecule has 0 radical (unpaired) electrons. The lowest BCUT2D eigenvalue weighted by Gasteiger charge is -2.36. The van der Waals surface area contributed by atoms with E-state index in [0.717, 1.165) is 12.2 Å². The van der Waals surface area contributed by atoms with Crippen molar-refractivity contribution in [2.75, 3.05) is 0 Å². The maximum atomic E-state index is 6.27. The van der Waals surface area contributed by atoms with E-state index in [2.05, 4.69) is 13.8 Å². The predicted molar refractivity (Wildman–Crippen MR) is 66.1 cm³/mol. The second-order valence-electron chi connectivity index (χ2n) is 5.95. The second kappa shape index (κ2) is 4.62. The Hall–Kier alpha value is -0.760. The predicted octanol–water partition coefficient (Wildman–Crippen LogP) is 3.37. The molecule has 0 aliphatic heterocycles. The molecule has 0 saturated heterocycles. The third kappa shape index (κ3) is 2.88. The lowest BCUT2D eigenvalue weighted by molar-refractivity contribution is 0.171. The van der Waals surface area contributed by atoms with E-state index in [4.69, 9.17) is 10.2 Å². The summed E-state index contributed by atoms with van der Waals surface area (Å²) in [4.78, 5) is 0. The molecule has 16 heavy (non-hydrogen) atoms. The van der Waals surface area contributed by atoms with Gasteiger partial charge < -0.3 is 10.2 Å². The number of rotatable bonds is 3. The van der Waals surface area contributed by atoms with E-state index in [1.165, 1.54) is 25.7 Å². The highest BCUT2D eigenvalue weighted by molar-refractivity contribution is 5.01. The van der Waals surface area contributed by atoms with E-state index in [1.54, 1.807) is 6.26 Å². The van der Waals surface area contributed by atoms with Gasteiger partial charge in [-0.25, -0.2) is 0 Å². The third-order valence-corrected chi connectivity index (χ3v) is 4.01. The van der Waals surface area contributed by atoms with Crippen LogP contribution in [0.25, 0.3) is 0 Å². The zero-order valence-electron chi connectivity index (χ0n) is 10.4. The third-order valence-electron chi connectivity index (χ3n) is 4.01. The molecule has 1 heterocycles. The highest BCUT2D eigenvalue weighted by Crippen LogP contribution is 2.39. The number of hydrogen-bond donors (Lipinski definition) is 1. The van der Waals surface area contributed by atoms with Crippen molar-refractivity contribution in [2.45, 2.75) is 52.0 Å². The van der Waals surface area contributed by atoms with Crippen LogP contribution in [-0.4, -0.2) is 6.04 Å². The molecular weight excluding hydrogens is 198 g/mol. The summed E-state index contributed by atoms with van der Waals surface area (Å²) in [6.07, 6.45) is 7.78. The Morgan fingerprint density at radius 3 is 2.69 bits per heavy atom. The first-order valence-electron chi connectivity index (χ1n) is 6.35. The first kappa shape index (κ1) is 11.7. The van der Waals surface area contributed by atoms with Crippen LogP contribution < -0.4 is 5.73 Å². The maximum absolute atomic E-state index is 6.27. The minimum absolute atomic E-state index is 0.266. The van der Waals surface area contributed by atoms with Gasteiger partial charge in [0.25, 0.3) is 0 Å². The second-order valence-corrected chi connectivity index (χ2v) is 5.95. The molecule has 1 aliphatic carbocycles. The normalized spacial score (nSPS) is 23.2. The molecule has 1 unspecified atom stereocenters. The molecule has 1 aromatic heterocycles. The summed E-state index contributed by atoms with van der Waals surface area (Å²) in [6, 6.07) is 4.22. The fourth-order valence-electron chi connectivity index (χ4n) is 2.68. The van der Waals surface area contributed by atoms with Crippen LogP contribution in [0.15, 0.2) is 22.8 Å². The van der Waals surface area contributed by atoms with Crippen LogP contribution in [-0.2, 0) is 6.42 Å². The van der Waals surface area contributed by atoms with Gasteiger partial charge in [0.05, 0.1) is 6.26 Å². The van der Waals surface area contributed by atoms with Crippen LogP contribution in [0.5, 0.6) is 0 Å². The van der Waals surface area contributed by atoms with E-state index in [-0.39, 0.29) is 6.04 Å². The topological polar surface area (TPSA) is 39.2 Å². The van der Waals surface area contributed by atoms with Crippen LogP contribution in [0.4, 0.5) is 0 Å². The monoisotopic (exact) mass is 221 g/mol. The minimum Gasteiger partial charge on any atom is -0.469 e. The van der Waals surface area contributed by atoms with Crippen molar-refractivity contribution in [1.82, 2.24) is 0 Å². The van der Waals surface area contributed by atoms with Crippen LogP contribution >= 0.6 is 0 Å². The van der Waals surface area contributed by atoms with Crippen molar-refractivity contribution in [1.29, 1.82) is 0 Å². The zero-order valence-corrected chi connectivity index (χ0v) is 10.4. The lowest BCUT2D eigenvalue weighted by Crippen LogP contribution is -2.36. The van der Waals surface area contributed by atoms with Crippen LogP contribution in [0, 0.1) is 11.3 Å². The van der Waals surface area contributed by atoms with Gasteiger partial charge >= 0.3 is 0 Å². The molecule has 1 aliphatic rings. The van der Waals surface area contributed by atoms with Gasteiger partial charge in [-0.2, -0.15) is 0 Å². The molecule has 2 rings (SSSR count). The molecule has 2 N–H and O–H groups in total. The largest absolute Gasteiger partial charge is 0.469 e. The maximum Gasteiger partial charge on any atom is 0.105 e. The summed E-state index contributed by atoms with van der Waals surface area (Å²) in [6.45, 7) is 4.72. The molecule has 0 bridgehead atoms. The molecule has 1 saturated carbocycles. The Labute approximate surface area is 98.2 Å². The van der Waals surface area contributed by atoms with Gasteiger partial charge in [0.1, 0.15) is 5.76 Å². The molecule has 0 amide bonds. The van der Waals surface area contributed by atoms with Gasteiger partial charge in [0.2, 0.25) is 0 Å². The lowest BCUT2D eigenvalue weighted by atomic mass is 9.71. The van der Waals surface area contributed by atoms with Gasteiger partial charge in [-0.1, -0.05) is 13.8 Å². The zero-order chi connectivity index (χ0) is 11.6. The van der Waals surface area contributed by atoms with Crippen LogP contribution in [0.2, 0.25) is 0 Å². The molecule has 1 fully saturated rings. The number of nitrogens with two attached hydrogens (primary N) is 1. The van der Waals surface area contributed by atoms with Crippen molar-refractivity contribution in [3.8, 4) is 0 Å². The summed E-state index contributed by atoms with van der Waals surface area (Å²) in [5, 5.41) is 0. The van der Waals surface area contributed by atoms with Crippen molar-refractivity contribution in [3.05, 3.63) is 24.2 Å². The summed E-state index contributed by atoms with van der Waals surface area (Å²) in [7, 11) is 0. The molecule has 0 aromatic carbocycles. The molecule has 1 atom stereocenters. The Kier molecular flexibility index (Phi) is 3.38. The SMILES string of the molecule is CC1(C)CCC(C(N)Cc2ccco2)CC1. The van der Waals surface area contributed by atoms with Gasteiger partial charge in [0.15, 0.2) is 0 Å². The number of furan rings is 1. The molecule has 0 spiro atoms. The molecule has 2 heteroatoms. The number of hydrogen-bond acceptors (Lipinski definition) is 2. The van der Waals surface area contributed by atoms with E-state index in [1.807, 2.05) is 12.1 Å². The standard InChI is InChI=1S/C14H23NO/c1-14(2)7-5-11(6-8-14)13(15)10-12-4-3-9-16-12/h3-4,9,11,13H,5-8,10,15H2,1-2H3. The van der Waals surface area contributed by atoms with Crippen LogP contribution in [0.1, 0.15) is 45.3 Å². The minimum atomic E-state index is 0.266. The Morgan fingerprint density at radius 1 is 1.44 bits per heavy atom. The highest BCUT2D eigenvalue weighted by atomic mass is 16.3. The molecule has 90 valence electrons. The molecule has 2 nitrogen and oxygen atoms in total. The van der Waals surface area contributed by atoms with Crippen molar-refractivity contribution in [3.63, 3.8) is 0 Å². The summed E-state index contributed by atoms with van der Waals surface area (Å²) in [5.41, 5.74) is 6.80. The fraction of sp³-hybridized carbons (Fsp3) is 0.714. The first-order chi connectivity index (χ1) is 7.57. The van der Waals surface area contributed by atoms with Crippen molar-refractivity contribution in [2.24, 2.45) is 17.1 Å². The van der Waals surface area contributed by atoms with E-state index >= 15 is 0 Å². The van der Waals surface area contributed by atoms with E-state index < -0.39 is 0 Å². The Morgan fingerprint density at radius 2 is 2.12 bits per heavy atom. The van der Waals surface area contributed by atoms with Crippen LogP contribution in [0.3, 0.4) is 0 Å². The Bertz CT molecular complexity index is 305. The van der Waals surface area contributed by atoms with Crippen molar-refractivity contribution >= 4 is 0 Å². The average molecular weight is 221 g/mol. The van der Waals surface area contributed by atoms with Gasteiger partial charge in [-0.15, -0.1) is 0 Å². The summed E-state index contributed by atoms with van der Waals surface area (Å²) >= 11 is 0. The quantitative estimate of drug-likeness (QED) is 0.850. The fourth-order valence-corrected chi connectivity index (χ4v) is 2.68. The molecular formula is C14H23NO. The summed E-state index contributed by atoms with van der Waals surface area (Å²) in [5.74, 6) is 1.70. The van der Waals surface area contributed by atoms with Crippen molar-refractivity contribution < 1.29 is 4.42 Å². The highest BCUT2D eigenvalue weighted by Gasteiger charge is 2.30. The molecule has 1 aromatic rings. The first-order valence-corrected chi connectivity index (χ1v) is 6.35.